The van der Waals surface area contributed by atoms with E-state index in [1.807, 2.05) is 0 Å². The van der Waals surface area contributed by atoms with Gasteiger partial charge in [-0.25, -0.2) is 0 Å². The molecule has 0 bridgehead atoms. The van der Waals surface area contributed by atoms with Gasteiger partial charge in [-0.05, 0) is 12.8 Å². The van der Waals surface area contributed by atoms with Crippen LogP contribution in [0.25, 0.3) is 0 Å². The lowest BCUT2D eigenvalue weighted by atomic mass is 9.82. The Hall–Kier alpha value is -0.890. The number of nitrogens with two attached hydrogens (primary N) is 1. The zero-order valence-corrected chi connectivity index (χ0v) is 7.56. The molecule has 0 fully saturated rings. The first kappa shape index (κ1) is 7.51. The Labute approximate surface area is 78.2 Å². The molecule has 0 aromatic rings. The molecule has 0 spiro atoms. The fraction of sp³-hybridized carbons (Fsp3) is 0.545. The molecular weight excluding hydrogens is 160 g/mol. The highest BCUT2D eigenvalue weighted by molar-refractivity contribution is 5.96. The third kappa shape index (κ3) is 0.953. The second-order valence-electron chi connectivity index (χ2n) is 4.16. The molecule has 13 heavy (non-hydrogen) atoms. The van der Waals surface area contributed by atoms with Crippen molar-refractivity contribution in [3.8, 4) is 0 Å². The van der Waals surface area contributed by atoms with E-state index < -0.39 is 0 Å². The molecule has 0 saturated heterocycles. The lowest BCUT2D eigenvalue weighted by Crippen LogP contribution is -2.36. The van der Waals surface area contributed by atoms with Crippen LogP contribution in [-0.4, -0.2) is 17.8 Å². The van der Waals surface area contributed by atoms with Crippen molar-refractivity contribution in [2.75, 3.05) is 0 Å². The summed E-state index contributed by atoms with van der Waals surface area (Å²) in [7, 11) is 0. The van der Waals surface area contributed by atoms with E-state index in [1.165, 1.54) is 5.71 Å². The van der Waals surface area contributed by atoms with Crippen LogP contribution >= 0.6 is 0 Å². The molecular formula is C11H14N2. The molecule has 3 rings (SSSR count). The van der Waals surface area contributed by atoms with E-state index in [0.29, 0.717) is 17.9 Å². The smallest absolute Gasteiger partial charge is 0.0606 e. The number of hydrogen-bond acceptors (Lipinski definition) is 2. The van der Waals surface area contributed by atoms with Crippen LogP contribution < -0.4 is 5.73 Å². The van der Waals surface area contributed by atoms with Gasteiger partial charge >= 0.3 is 0 Å². The van der Waals surface area contributed by atoms with Gasteiger partial charge in [-0.2, -0.15) is 0 Å². The van der Waals surface area contributed by atoms with Gasteiger partial charge in [0, 0.05) is 23.6 Å². The maximum absolute atomic E-state index is 6.02. The molecule has 4 atom stereocenters. The molecule has 0 amide bonds. The summed E-state index contributed by atoms with van der Waals surface area (Å²) >= 11 is 0. The van der Waals surface area contributed by atoms with E-state index in [2.05, 4.69) is 24.3 Å². The van der Waals surface area contributed by atoms with E-state index in [1.54, 1.807) is 0 Å². The molecule has 2 heteroatoms. The molecule has 2 nitrogen and oxygen atoms in total. The number of aliphatic imine (C=N–C) groups is 1. The van der Waals surface area contributed by atoms with Crippen molar-refractivity contribution < 1.29 is 0 Å². The molecule has 4 unspecified atom stereocenters. The van der Waals surface area contributed by atoms with Crippen molar-refractivity contribution >= 4 is 5.71 Å². The number of allylic oxidation sites excluding steroid dienone is 1. The second-order valence-corrected chi connectivity index (χ2v) is 4.16. The first-order valence-electron chi connectivity index (χ1n) is 5.03. The van der Waals surface area contributed by atoms with Crippen LogP contribution in [-0.2, 0) is 0 Å². The van der Waals surface area contributed by atoms with Gasteiger partial charge in [-0.15, -0.1) is 0 Å². The summed E-state index contributed by atoms with van der Waals surface area (Å²) in [6, 6.07) is 0.697. The highest BCUT2D eigenvalue weighted by Gasteiger charge is 2.40. The Morgan fingerprint density at radius 1 is 1.23 bits per heavy atom. The van der Waals surface area contributed by atoms with E-state index in [-0.39, 0.29) is 6.04 Å². The molecule has 0 aromatic heterocycles. The van der Waals surface area contributed by atoms with Crippen molar-refractivity contribution in [3.05, 3.63) is 24.3 Å². The first-order chi connectivity index (χ1) is 6.36. The highest BCUT2D eigenvalue weighted by atomic mass is 14.9. The fourth-order valence-corrected chi connectivity index (χ4v) is 2.70. The largest absolute Gasteiger partial charge is 0.323 e. The van der Waals surface area contributed by atoms with Crippen LogP contribution in [0.1, 0.15) is 12.8 Å². The van der Waals surface area contributed by atoms with Crippen molar-refractivity contribution in [1.82, 2.24) is 0 Å². The van der Waals surface area contributed by atoms with Gasteiger partial charge in [0.05, 0.1) is 6.04 Å². The summed E-state index contributed by atoms with van der Waals surface area (Å²) in [6.45, 7) is 0. The number of nitrogens with zero attached hydrogens (tertiary/aromatic N) is 1. The zero-order chi connectivity index (χ0) is 8.84. The second kappa shape index (κ2) is 2.55. The predicted octanol–water partition coefficient (Wildman–Crippen LogP) is 1.29. The molecule has 0 saturated carbocycles. The summed E-state index contributed by atoms with van der Waals surface area (Å²) < 4.78 is 0. The van der Waals surface area contributed by atoms with Crippen LogP contribution in [0.2, 0.25) is 0 Å². The summed E-state index contributed by atoms with van der Waals surface area (Å²) in [5, 5.41) is 0. The van der Waals surface area contributed by atoms with Crippen LogP contribution in [0.15, 0.2) is 29.3 Å². The lowest BCUT2D eigenvalue weighted by Gasteiger charge is -2.22. The number of hydrogen-bond donors (Lipinski definition) is 1. The van der Waals surface area contributed by atoms with E-state index in [0.717, 1.165) is 12.8 Å². The monoisotopic (exact) mass is 174 g/mol. The Morgan fingerprint density at radius 2 is 2.08 bits per heavy atom. The summed E-state index contributed by atoms with van der Waals surface area (Å²) in [5.74, 6) is 1.14. The normalized spacial score (nSPS) is 46.1. The first-order valence-corrected chi connectivity index (χ1v) is 5.03. The average Bonchev–Trinajstić information content (AvgIpc) is 2.65. The quantitative estimate of drug-likeness (QED) is 0.552. The minimum atomic E-state index is 0.189. The van der Waals surface area contributed by atoms with Crippen LogP contribution in [0.3, 0.4) is 0 Å². The molecule has 2 N–H and O–H groups in total. The van der Waals surface area contributed by atoms with Crippen molar-refractivity contribution in [2.45, 2.75) is 24.9 Å². The molecule has 2 aliphatic carbocycles. The van der Waals surface area contributed by atoms with Crippen LogP contribution in [0.5, 0.6) is 0 Å². The van der Waals surface area contributed by atoms with Crippen molar-refractivity contribution in [2.24, 2.45) is 22.6 Å². The third-order valence-corrected chi connectivity index (χ3v) is 3.36. The Balaban J connectivity index is 1.99. The van der Waals surface area contributed by atoms with Gasteiger partial charge in [0.15, 0.2) is 0 Å². The van der Waals surface area contributed by atoms with Gasteiger partial charge in [-0.3, -0.25) is 4.99 Å². The SMILES string of the molecule is NC1CC=CC2C1=NC1CC=CC12. The van der Waals surface area contributed by atoms with Gasteiger partial charge < -0.3 is 5.73 Å². The molecule has 3 aliphatic rings. The maximum Gasteiger partial charge on any atom is 0.0606 e. The van der Waals surface area contributed by atoms with Crippen LogP contribution in [0, 0.1) is 11.8 Å². The van der Waals surface area contributed by atoms with Crippen LogP contribution in [0.4, 0.5) is 0 Å². The topological polar surface area (TPSA) is 38.4 Å². The molecule has 68 valence electrons. The number of rotatable bonds is 0. The minimum Gasteiger partial charge on any atom is -0.323 e. The van der Waals surface area contributed by atoms with Crippen molar-refractivity contribution in [1.29, 1.82) is 0 Å². The Kier molecular flexibility index (Phi) is 1.47. The van der Waals surface area contributed by atoms with Gasteiger partial charge in [0.2, 0.25) is 0 Å². The molecule has 0 aromatic carbocycles. The van der Waals surface area contributed by atoms with E-state index >= 15 is 0 Å². The lowest BCUT2D eigenvalue weighted by molar-refractivity contribution is 0.528. The minimum absolute atomic E-state index is 0.189. The van der Waals surface area contributed by atoms with Gasteiger partial charge in [0.1, 0.15) is 0 Å². The fourth-order valence-electron chi connectivity index (χ4n) is 2.70. The van der Waals surface area contributed by atoms with Gasteiger partial charge in [-0.1, -0.05) is 24.3 Å². The van der Waals surface area contributed by atoms with Crippen molar-refractivity contribution in [3.63, 3.8) is 0 Å². The summed E-state index contributed by atoms with van der Waals surface area (Å²) in [4.78, 5) is 4.73. The Bertz CT molecular complexity index is 314. The maximum atomic E-state index is 6.02. The standard InChI is InChI=1S/C11H14N2/c12-9-5-1-4-8-7-3-2-6-10(7)13-11(8)9/h1-4,7-10H,5-6,12H2. The highest BCUT2D eigenvalue weighted by Crippen LogP contribution is 2.38. The Morgan fingerprint density at radius 3 is 3.00 bits per heavy atom. The number of fused-ring (bicyclic) bond motifs is 3. The summed E-state index contributed by atoms with van der Waals surface area (Å²) in [5.41, 5.74) is 7.27. The zero-order valence-electron chi connectivity index (χ0n) is 7.56. The predicted molar refractivity (Wildman–Crippen MR) is 53.7 cm³/mol. The molecule has 1 aliphatic heterocycles. The van der Waals surface area contributed by atoms with Gasteiger partial charge in [0.25, 0.3) is 0 Å². The van der Waals surface area contributed by atoms with E-state index in [9.17, 15) is 0 Å². The van der Waals surface area contributed by atoms with E-state index in [4.69, 9.17) is 10.7 Å². The summed E-state index contributed by atoms with van der Waals surface area (Å²) in [6.07, 6.45) is 11.2. The third-order valence-electron chi connectivity index (χ3n) is 3.36. The molecule has 1 heterocycles. The average molecular weight is 174 g/mol. The molecule has 0 radical (unpaired) electrons.